The predicted octanol–water partition coefficient (Wildman–Crippen LogP) is 4.18. The lowest BCUT2D eigenvalue weighted by Gasteiger charge is -2.08. The van der Waals surface area contributed by atoms with Gasteiger partial charge in [0, 0.05) is 23.8 Å². The lowest BCUT2D eigenvalue weighted by Crippen LogP contribution is -2.06. The molecular formula is C17H18O3. The van der Waals surface area contributed by atoms with Crippen molar-refractivity contribution in [1.82, 2.24) is 0 Å². The predicted molar refractivity (Wildman–Crippen MR) is 77.9 cm³/mol. The minimum absolute atomic E-state index is 0.221. The van der Waals surface area contributed by atoms with E-state index >= 15 is 0 Å². The molecule has 0 aliphatic heterocycles. The van der Waals surface area contributed by atoms with E-state index in [0.717, 1.165) is 29.6 Å². The first-order valence-electron chi connectivity index (χ1n) is 7.14. The zero-order valence-electron chi connectivity index (χ0n) is 11.5. The number of carbonyl (C=O) groups is 1. The fraction of sp³-hybridized carbons (Fsp3) is 0.353. The molecule has 1 aliphatic carbocycles. The number of esters is 1. The number of hydrogen-bond acceptors (Lipinski definition) is 3. The summed E-state index contributed by atoms with van der Waals surface area (Å²) in [6.07, 6.45) is 7.18. The van der Waals surface area contributed by atoms with E-state index in [2.05, 4.69) is 6.58 Å². The molecule has 0 spiro atoms. The van der Waals surface area contributed by atoms with Gasteiger partial charge in [-0.15, -0.1) is 6.58 Å². The van der Waals surface area contributed by atoms with Crippen molar-refractivity contribution in [3.8, 4) is 5.75 Å². The third-order valence-corrected chi connectivity index (χ3v) is 3.71. The molecule has 1 aliphatic rings. The molecule has 1 heterocycles. The van der Waals surface area contributed by atoms with Crippen molar-refractivity contribution in [2.45, 2.75) is 38.5 Å². The number of ether oxygens (including phenoxy) is 1. The molecular weight excluding hydrogens is 252 g/mol. The number of allylic oxidation sites excluding steroid dienone is 1. The summed E-state index contributed by atoms with van der Waals surface area (Å²) in [5.41, 5.74) is 2.18. The van der Waals surface area contributed by atoms with E-state index in [9.17, 15) is 4.79 Å². The molecule has 104 valence electrons. The number of hydrogen-bond donors (Lipinski definition) is 0. The molecule has 0 unspecified atom stereocenters. The Balaban J connectivity index is 1.86. The number of fused-ring (bicyclic) bond motifs is 3. The van der Waals surface area contributed by atoms with Gasteiger partial charge in [-0.25, -0.2) is 0 Å². The van der Waals surface area contributed by atoms with Gasteiger partial charge in [0.1, 0.15) is 17.1 Å². The van der Waals surface area contributed by atoms with Crippen LogP contribution in [-0.2, 0) is 17.6 Å². The second-order valence-corrected chi connectivity index (χ2v) is 5.17. The van der Waals surface area contributed by atoms with Crippen LogP contribution in [0.3, 0.4) is 0 Å². The van der Waals surface area contributed by atoms with Gasteiger partial charge in [0.05, 0.1) is 0 Å². The number of carbonyl (C=O) groups excluding carboxylic acids is 1. The van der Waals surface area contributed by atoms with Crippen molar-refractivity contribution in [2.75, 3.05) is 0 Å². The van der Waals surface area contributed by atoms with Crippen LogP contribution in [0.25, 0.3) is 11.0 Å². The monoisotopic (exact) mass is 270 g/mol. The molecule has 0 saturated carbocycles. The lowest BCUT2D eigenvalue weighted by molar-refractivity contribution is -0.134. The highest BCUT2D eigenvalue weighted by Crippen LogP contribution is 2.33. The highest BCUT2D eigenvalue weighted by molar-refractivity contribution is 5.85. The van der Waals surface area contributed by atoms with Crippen molar-refractivity contribution in [3.63, 3.8) is 0 Å². The molecule has 3 heteroatoms. The van der Waals surface area contributed by atoms with Gasteiger partial charge in [0.15, 0.2) is 0 Å². The van der Waals surface area contributed by atoms with Crippen LogP contribution in [0.2, 0.25) is 0 Å². The van der Waals surface area contributed by atoms with Crippen molar-refractivity contribution >= 4 is 16.9 Å². The summed E-state index contributed by atoms with van der Waals surface area (Å²) in [6, 6.07) is 5.61. The third kappa shape index (κ3) is 2.48. The Morgan fingerprint density at radius 1 is 1.35 bits per heavy atom. The van der Waals surface area contributed by atoms with Crippen LogP contribution in [0.15, 0.2) is 35.3 Å². The summed E-state index contributed by atoms with van der Waals surface area (Å²) in [4.78, 5) is 11.6. The quantitative estimate of drug-likeness (QED) is 0.475. The van der Waals surface area contributed by atoms with Gasteiger partial charge in [-0.05, 0) is 43.9 Å². The fourth-order valence-corrected chi connectivity index (χ4v) is 2.71. The summed E-state index contributed by atoms with van der Waals surface area (Å²) < 4.78 is 11.2. The smallest absolute Gasteiger partial charge is 0.311 e. The van der Waals surface area contributed by atoms with E-state index in [1.165, 1.54) is 18.4 Å². The van der Waals surface area contributed by atoms with Crippen molar-refractivity contribution in [1.29, 1.82) is 0 Å². The van der Waals surface area contributed by atoms with Crippen molar-refractivity contribution < 1.29 is 13.9 Å². The first-order chi connectivity index (χ1) is 9.78. The largest absolute Gasteiger partial charge is 0.461 e. The highest BCUT2D eigenvalue weighted by Gasteiger charge is 2.18. The Morgan fingerprint density at radius 3 is 3.05 bits per heavy atom. The van der Waals surface area contributed by atoms with Gasteiger partial charge in [0.2, 0.25) is 0 Å². The Kier molecular flexibility index (Phi) is 3.59. The molecule has 0 bridgehead atoms. The Bertz CT molecular complexity index is 652. The van der Waals surface area contributed by atoms with Gasteiger partial charge in [-0.2, -0.15) is 0 Å². The molecule has 2 aromatic rings. The van der Waals surface area contributed by atoms with E-state index in [-0.39, 0.29) is 5.97 Å². The van der Waals surface area contributed by atoms with Crippen molar-refractivity contribution in [3.05, 3.63) is 42.2 Å². The molecule has 0 saturated heterocycles. The molecule has 0 radical (unpaired) electrons. The van der Waals surface area contributed by atoms with Crippen LogP contribution in [-0.4, -0.2) is 5.97 Å². The molecule has 0 N–H and O–H groups in total. The maximum absolute atomic E-state index is 11.6. The number of benzene rings is 1. The summed E-state index contributed by atoms with van der Waals surface area (Å²) in [5, 5.41) is 1.09. The molecule has 1 aromatic heterocycles. The summed E-state index contributed by atoms with van der Waals surface area (Å²) >= 11 is 0. The van der Waals surface area contributed by atoms with Crippen LogP contribution >= 0.6 is 0 Å². The summed E-state index contributed by atoms with van der Waals surface area (Å²) in [5.74, 6) is 1.48. The Hall–Kier alpha value is -2.03. The molecule has 3 nitrogen and oxygen atoms in total. The second kappa shape index (κ2) is 5.53. The van der Waals surface area contributed by atoms with Crippen LogP contribution in [0.5, 0.6) is 5.75 Å². The zero-order chi connectivity index (χ0) is 13.9. The number of furan rings is 1. The zero-order valence-corrected chi connectivity index (χ0v) is 11.5. The maximum Gasteiger partial charge on any atom is 0.311 e. The first-order valence-corrected chi connectivity index (χ1v) is 7.14. The molecule has 1 aromatic carbocycles. The average Bonchev–Trinajstić information content (AvgIpc) is 2.83. The topological polar surface area (TPSA) is 39.4 Å². The van der Waals surface area contributed by atoms with E-state index in [1.807, 2.05) is 12.1 Å². The van der Waals surface area contributed by atoms with Crippen LogP contribution in [0, 0.1) is 0 Å². The van der Waals surface area contributed by atoms with Crippen LogP contribution in [0.1, 0.15) is 37.0 Å². The number of rotatable bonds is 4. The van der Waals surface area contributed by atoms with Gasteiger partial charge in [-0.3, -0.25) is 4.79 Å². The second-order valence-electron chi connectivity index (χ2n) is 5.17. The maximum atomic E-state index is 11.6. The normalized spacial score (nSPS) is 14.0. The Morgan fingerprint density at radius 2 is 2.20 bits per heavy atom. The minimum atomic E-state index is -0.221. The minimum Gasteiger partial charge on any atom is -0.461 e. The van der Waals surface area contributed by atoms with Gasteiger partial charge < -0.3 is 9.15 Å². The molecule has 0 fully saturated rings. The number of aryl methyl sites for hydroxylation is 2. The molecule has 20 heavy (non-hydrogen) atoms. The van der Waals surface area contributed by atoms with Gasteiger partial charge >= 0.3 is 5.97 Å². The lowest BCUT2D eigenvalue weighted by atomic mass is 9.96. The van der Waals surface area contributed by atoms with E-state index in [0.29, 0.717) is 18.6 Å². The van der Waals surface area contributed by atoms with Gasteiger partial charge in [-0.1, -0.05) is 6.08 Å². The molecule has 3 rings (SSSR count). The standard InChI is InChI=1S/C17H18O3/c1-2-3-8-17(18)19-12-9-10-16-14(11-12)13-6-4-5-7-15(13)20-16/h2,9-11H,1,3-8H2. The molecule has 0 atom stereocenters. The summed E-state index contributed by atoms with van der Waals surface area (Å²) in [6.45, 7) is 3.60. The molecule has 0 amide bonds. The fourth-order valence-electron chi connectivity index (χ4n) is 2.71. The van der Waals surface area contributed by atoms with Crippen molar-refractivity contribution in [2.24, 2.45) is 0 Å². The van der Waals surface area contributed by atoms with Crippen LogP contribution < -0.4 is 4.74 Å². The highest BCUT2D eigenvalue weighted by atomic mass is 16.5. The van der Waals surface area contributed by atoms with Crippen LogP contribution in [0.4, 0.5) is 0 Å². The van der Waals surface area contributed by atoms with E-state index in [1.54, 1.807) is 12.1 Å². The third-order valence-electron chi connectivity index (χ3n) is 3.71. The average molecular weight is 270 g/mol. The first kappa shape index (κ1) is 13.0. The van der Waals surface area contributed by atoms with E-state index in [4.69, 9.17) is 9.15 Å². The van der Waals surface area contributed by atoms with Gasteiger partial charge in [0.25, 0.3) is 0 Å². The SMILES string of the molecule is C=CCCC(=O)Oc1ccc2oc3c(c2c1)CCCC3. The Labute approximate surface area is 118 Å². The summed E-state index contributed by atoms with van der Waals surface area (Å²) in [7, 11) is 0. The van der Waals surface area contributed by atoms with E-state index < -0.39 is 0 Å².